The second-order valence-electron chi connectivity index (χ2n) is 8.08. The highest BCUT2D eigenvalue weighted by Crippen LogP contribution is 2.22. The predicted octanol–water partition coefficient (Wildman–Crippen LogP) is 3.44. The smallest absolute Gasteiger partial charge is 0.260 e. The minimum absolute atomic E-state index is 0.227. The Balaban J connectivity index is 1.43. The van der Waals surface area contributed by atoms with Gasteiger partial charge in [0.15, 0.2) is 6.10 Å². The van der Waals surface area contributed by atoms with Crippen molar-refractivity contribution in [2.45, 2.75) is 51.0 Å². The lowest BCUT2D eigenvalue weighted by Gasteiger charge is -2.25. The monoisotopic (exact) mass is 460 g/mol. The van der Waals surface area contributed by atoms with Gasteiger partial charge in [-0.2, -0.15) is 4.31 Å². The van der Waals surface area contributed by atoms with Crippen molar-refractivity contribution in [1.29, 1.82) is 0 Å². The van der Waals surface area contributed by atoms with Crippen LogP contribution in [0, 0.1) is 13.8 Å². The number of nitrogens with one attached hydrogen (secondary N) is 1. The van der Waals surface area contributed by atoms with Gasteiger partial charge in [0.25, 0.3) is 5.91 Å². The average Bonchev–Trinajstić information content (AvgIpc) is 2.80. The molecule has 1 amide bonds. The van der Waals surface area contributed by atoms with Crippen molar-refractivity contribution in [2.75, 3.05) is 26.2 Å². The van der Waals surface area contributed by atoms with Gasteiger partial charge in [0.05, 0.1) is 11.4 Å². The quantitative estimate of drug-likeness (QED) is 0.580. The van der Waals surface area contributed by atoms with Gasteiger partial charge in [0, 0.05) is 13.1 Å². The Hall–Kier alpha value is -2.58. The zero-order chi connectivity index (χ0) is 23.1. The molecule has 1 unspecified atom stereocenters. The maximum absolute atomic E-state index is 12.7. The molecule has 32 heavy (non-hydrogen) atoms. The number of hydrogen-bond donors (Lipinski definition) is 1. The number of rotatable bonds is 9. The van der Waals surface area contributed by atoms with Crippen LogP contribution in [0.25, 0.3) is 0 Å². The van der Waals surface area contributed by atoms with E-state index in [0.717, 1.165) is 24.8 Å². The number of aryl methyl sites for hydroxylation is 2. The molecule has 1 heterocycles. The molecule has 7 nitrogen and oxygen atoms in total. The van der Waals surface area contributed by atoms with Crippen molar-refractivity contribution in [3.05, 3.63) is 53.6 Å². The van der Waals surface area contributed by atoms with Crippen LogP contribution < -0.4 is 14.8 Å². The number of amides is 1. The number of benzene rings is 2. The molecule has 1 atom stereocenters. The summed E-state index contributed by atoms with van der Waals surface area (Å²) in [5, 5.41) is 2.79. The van der Waals surface area contributed by atoms with Crippen molar-refractivity contribution in [2.24, 2.45) is 0 Å². The number of carbonyl (C=O) groups excluding carboxylic acids is 1. The van der Waals surface area contributed by atoms with Crippen molar-refractivity contribution in [3.63, 3.8) is 0 Å². The molecule has 0 saturated carbocycles. The van der Waals surface area contributed by atoms with Gasteiger partial charge in [-0.05, 0) is 81.1 Å². The van der Waals surface area contributed by atoms with Crippen LogP contribution >= 0.6 is 0 Å². The van der Waals surface area contributed by atoms with E-state index in [0.29, 0.717) is 31.1 Å². The minimum Gasteiger partial charge on any atom is -0.492 e. The summed E-state index contributed by atoms with van der Waals surface area (Å²) in [4.78, 5) is 12.5. The molecule has 1 saturated heterocycles. The molecule has 0 bridgehead atoms. The van der Waals surface area contributed by atoms with Gasteiger partial charge < -0.3 is 14.8 Å². The van der Waals surface area contributed by atoms with Gasteiger partial charge in [-0.15, -0.1) is 0 Å². The predicted molar refractivity (Wildman–Crippen MR) is 124 cm³/mol. The molecule has 1 N–H and O–H groups in total. The number of piperidine rings is 1. The third kappa shape index (κ3) is 6.23. The SMILES string of the molecule is Cc1ccc(OC(C)C(=O)NCCOc2ccc(S(=O)(=O)N3CCCCC3)cc2)cc1C. The molecule has 0 radical (unpaired) electrons. The fourth-order valence-corrected chi connectivity index (χ4v) is 5.01. The summed E-state index contributed by atoms with van der Waals surface area (Å²) >= 11 is 0. The summed E-state index contributed by atoms with van der Waals surface area (Å²) in [6, 6.07) is 12.1. The van der Waals surface area contributed by atoms with Crippen LogP contribution in [0.5, 0.6) is 11.5 Å². The molecular weight excluding hydrogens is 428 g/mol. The van der Waals surface area contributed by atoms with Crippen molar-refractivity contribution < 1.29 is 22.7 Å². The van der Waals surface area contributed by atoms with Gasteiger partial charge in [0.1, 0.15) is 18.1 Å². The molecular formula is C24H32N2O5S. The van der Waals surface area contributed by atoms with Gasteiger partial charge in [-0.25, -0.2) is 8.42 Å². The molecule has 0 aliphatic carbocycles. The maximum atomic E-state index is 12.7. The van der Waals surface area contributed by atoms with Gasteiger partial charge >= 0.3 is 0 Å². The maximum Gasteiger partial charge on any atom is 0.260 e. The minimum atomic E-state index is -3.45. The standard InChI is InChI=1S/C24H32N2O5S/c1-18-7-8-22(17-19(18)2)31-20(3)24(27)25-13-16-30-21-9-11-23(12-10-21)32(28,29)26-14-5-4-6-15-26/h7-12,17,20H,4-6,13-16H2,1-3H3,(H,25,27). The lowest BCUT2D eigenvalue weighted by atomic mass is 10.1. The summed E-state index contributed by atoms with van der Waals surface area (Å²) in [6.45, 7) is 7.45. The zero-order valence-corrected chi connectivity index (χ0v) is 19.8. The van der Waals surface area contributed by atoms with Gasteiger partial charge in [0.2, 0.25) is 10.0 Å². The number of ether oxygens (including phenoxy) is 2. The average molecular weight is 461 g/mol. The lowest BCUT2D eigenvalue weighted by Crippen LogP contribution is -2.38. The van der Waals surface area contributed by atoms with Crippen LogP contribution in [0.15, 0.2) is 47.4 Å². The van der Waals surface area contributed by atoms with E-state index in [1.165, 1.54) is 5.56 Å². The molecule has 1 fully saturated rings. The third-order valence-electron chi connectivity index (χ3n) is 5.61. The van der Waals surface area contributed by atoms with E-state index in [-0.39, 0.29) is 17.4 Å². The van der Waals surface area contributed by atoms with Crippen molar-refractivity contribution >= 4 is 15.9 Å². The Labute approximate surface area is 190 Å². The summed E-state index contributed by atoms with van der Waals surface area (Å²) in [5.41, 5.74) is 2.28. The van der Waals surface area contributed by atoms with E-state index in [2.05, 4.69) is 5.32 Å². The zero-order valence-electron chi connectivity index (χ0n) is 19.0. The summed E-state index contributed by atoms with van der Waals surface area (Å²) in [7, 11) is -3.45. The second-order valence-corrected chi connectivity index (χ2v) is 10.0. The highest BCUT2D eigenvalue weighted by atomic mass is 32.2. The second kappa shape index (κ2) is 10.8. The molecule has 8 heteroatoms. The number of hydrogen-bond acceptors (Lipinski definition) is 5. The third-order valence-corrected chi connectivity index (χ3v) is 7.52. The van der Waals surface area contributed by atoms with E-state index in [1.54, 1.807) is 35.5 Å². The van der Waals surface area contributed by atoms with Gasteiger partial charge in [-0.1, -0.05) is 12.5 Å². The molecule has 1 aliphatic rings. The van der Waals surface area contributed by atoms with Crippen LogP contribution in [0.2, 0.25) is 0 Å². The fourth-order valence-electron chi connectivity index (χ4n) is 3.49. The molecule has 3 rings (SSSR count). The topological polar surface area (TPSA) is 84.9 Å². The summed E-state index contributed by atoms with van der Waals surface area (Å²) in [6.07, 6.45) is 2.25. The van der Waals surface area contributed by atoms with Crippen LogP contribution in [0.1, 0.15) is 37.3 Å². The van der Waals surface area contributed by atoms with Crippen LogP contribution in [0.3, 0.4) is 0 Å². The van der Waals surface area contributed by atoms with Crippen LogP contribution in [-0.4, -0.2) is 51.0 Å². The van der Waals surface area contributed by atoms with E-state index < -0.39 is 16.1 Å². The van der Waals surface area contributed by atoms with Crippen molar-refractivity contribution in [3.8, 4) is 11.5 Å². The van der Waals surface area contributed by atoms with E-state index in [1.807, 2.05) is 32.0 Å². The Kier molecular flexibility index (Phi) is 8.15. The van der Waals surface area contributed by atoms with E-state index in [4.69, 9.17) is 9.47 Å². The number of sulfonamides is 1. The highest BCUT2D eigenvalue weighted by Gasteiger charge is 2.25. The Bertz CT molecular complexity index is 1020. The number of carbonyl (C=O) groups is 1. The molecule has 2 aromatic rings. The summed E-state index contributed by atoms with van der Waals surface area (Å²) in [5.74, 6) is 0.984. The first-order valence-corrected chi connectivity index (χ1v) is 12.5. The molecule has 0 spiro atoms. The molecule has 2 aromatic carbocycles. The first kappa shape index (κ1) is 24.1. The van der Waals surface area contributed by atoms with Crippen LogP contribution in [-0.2, 0) is 14.8 Å². The van der Waals surface area contributed by atoms with E-state index >= 15 is 0 Å². The highest BCUT2D eigenvalue weighted by molar-refractivity contribution is 7.89. The first-order chi connectivity index (χ1) is 15.3. The number of nitrogens with zero attached hydrogens (tertiary/aromatic N) is 1. The summed E-state index contributed by atoms with van der Waals surface area (Å²) < 4.78 is 38.3. The van der Waals surface area contributed by atoms with E-state index in [9.17, 15) is 13.2 Å². The normalized spacial score (nSPS) is 15.7. The Morgan fingerprint density at radius 2 is 1.66 bits per heavy atom. The Morgan fingerprint density at radius 1 is 1.00 bits per heavy atom. The molecule has 1 aliphatic heterocycles. The first-order valence-electron chi connectivity index (χ1n) is 11.0. The van der Waals surface area contributed by atoms with Crippen LogP contribution in [0.4, 0.5) is 0 Å². The van der Waals surface area contributed by atoms with Crippen molar-refractivity contribution in [1.82, 2.24) is 9.62 Å². The molecule has 174 valence electrons. The molecule has 0 aromatic heterocycles. The van der Waals surface area contributed by atoms with Gasteiger partial charge in [-0.3, -0.25) is 4.79 Å². The largest absolute Gasteiger partial charge is 0.492 e. The Morgan fingerprint density at radius 3 is 2.31 bits per heavy atom. The fraction of sp³-hybridized carbons (Fsp3) is 0.458. The lowest BCUT2D eigenvalue weighted by molar-refractivity contribution is -0.127.